The van der Waals surface area contributed by atoms with Crippen LogP contribution in [-0.4, -0.2) is 67.9 Å². The second-order valence-electron chi connectivity index (χ2n) is 6.57. The molecule has 0 amide bonds. The van der Waals surface area contributed by atoms with Crippen molar-refractivity contribution in [3.8, 4) is 11.5 Å². The minimum atomic E-state index is 0.605. The average molecular weight is 387 g/mol. The lowest BCUT2D eigenvalue weighted by Gasteiger charge is -2.36. The van der Waals surface area contributed by atoms with Crippen LogP contribution < -0.4 is 14.8 Å². The first-order chi connectivity index (χ1) is 13.7. The van der Waals surface area contributed by atoms with Gasteiger partial charge in [-0.15, -0.1) is 0 Å². The number of benzene rings is 1. The lowest BCUT2D eigenvalue weighted by Crippen LogP contribution is -2.52. The normalized spacial score (nSPS) is 15.5. The van der Waals surface area contributed by atoms with Crippen LogP contribution >= 0.6 is 0 Å². The summed E-state index contributed by atoms with van der Waals surface area (Å²) in [7, 11) is 3.48. The Hall–Kier alpha value is -2.74. The van der Waals surface area contributed by atoms with Gasteiger partial charge in [-0.05, 0) is 24.6 Å². The van der Waals surface area contributed by atoms with Gasteiger partial charge in [0, 0.05) is 52.4 Å². The number of hydrogen-bond donors (Lipinski definition) is 1. The van der Waals surface area contributed by atoms with Gasteiger partial charge in [-0.3, -0.25) is 9.89 Å². The van der Waals surface area contributed by atoms with Crippen LogP contribution in [0, 0.1) is 0 Å². The SMILES string of the molecule is CCOc1cc(CNC(=NC)N2CCN(Cc3ccon3)CC2)ccc1OC. The molecule has 1 aliphatic heterocycles. The Morgan fingerprint density at radius 3 is 2.68 bits per heavy atom. The van der Waals surface area contributed by atoms with Gasteiger partial charge in [-0.1, -0.05) is 11.2 Å². The zero-order chi connectivity index (χ0) is 19.8. The van der Waals surface area contributed by atoms with Crippen molar-refractivity contribution in [2.75, 3.05) is 46.9 Å². The summed E-state index contributed by atoms with van der Waals surface area (Å²) in [5.41, 5.74) is 2.09. The van der Waals surface area contributed by atoms with Crippen molar-refractivity contribution in [1.82, 2.24) is 20.3 Å². The smallest absolute Gasteiger partial charge is 0.194 e. The zero-order valence-electron chi connectivity index (χ0n) is 16.9. The number of nitrogens with zero attached hydrogens (tertiary/aromatic N) is 4. The molecule has 28 heavy (non-hydrogen) atoms. The van der Waals surface area contributed by atoms with E-state index in [1.165, 1.54) is 0 Å². The summed E-state index contributed by atoms with van der Waals surface area (Å²) in [6, 6.07) is 7.90. The molecule has 1 aromatic heterocycles. The highest BCUT2D eigenvalue weighted by Gasteiger charge is 2.20. The Bertz CT molecular complexity index is 755. The molecule has 0 unspecified atom stereocenters. The molecule has 2 heterocycles. The summed E-state index contributed by atoms with van der Waals surface area (Å²) in [6.45, 7) is 7.84. The number of ether oxygens (including phenoxy) is 2. The van der Waals surface area contributed by atoms with E-state index in [-0.39, 0.29) is 0 Å². The predicted octanol–water partition coefficient (Wildman–Crippen LogP) is 1.98. The molecular weight excluding hydrogens is 358 g/mol. The largest absolute Gasteiger partial charge is 0.493 e. The molecule has 3 rings (SSSR count). The van der Waals surface area contributed by atoms with Crippen molar-refractivity contribution in [1.29, 1.82) is 0 Å². The standard InChI is InChI=1S/C20H29N5O3/c1-4-27-19-13-16(5-6-18(19)26-3)14-22-20(21-2)25-10-8-24(9-11-25)15-17-7-12-28-23-17/h5-7,12-13H,4,8-11,14-15H2,1-3H3,(H,21,22). The first-order valence-corrected chi connectivity index (χ1v) is 9.60. The van der Waals surface area contributed by atoms with E-state index in [1.54, 1.807) is 13.4 Å². The van der Waals surface area contributed by atoms with Gasteiger partial charge >= 0.3 is 0 Å². The molecule has 0 spiro atoms. The van der Waals surface area contributed by atoms with Crippen molar-refractivity contribution >= 4 is 5.96 Å². The van der Waals surface area contributed by atoms with Gasteiger partial charge in [0.25, 0.3) is 0 Å². The summed E-state index contributed by atoms with van der Waals surface area (Å²) < 4.78 is 15.9. The molecular formula is C20H29N5O3. The number of hydrogen-bond acceptors (Lipinski definition) is 6. The molecule has 0 atom stereocenters. The number of aromatic nitrogens is 1. The quantitative estimate of drug-likeness (QED) is 0.575. The van der Waals surface area contributed by atoms with E-state index in [0.29, 0.717) is 13.2 Å². The molecule has 0 saturated carbocycles. The third-order valence-corrected chi connectivity index (χ3v) is 4.74. The number of piperazine rings is 1. The van der Waals surface area contributed by atoms with E-state index < -0.39 is 0 Å². The number of nitrogens with one attached hydrogen (secondary N) is 1. The van der Waals surface area contributed by atoms with Crippen molar-refractivity contribution in [3.63, 3.8) is 0 Å². The molecule has 152 valence electrons. The molecule has 1 fully saturated rings. The predicted molar refractivity (Wildman–Crippen MR) is 108 cm³/mol. The Kier molecular flexibility index (Phi) is 7.13. The molecule has 2 aromatic rings. The van der Waals surface area contributed by atoms with Gasteiger partial charge in [0.15, 0.2) is 17.5 Å². The van der Waals surface area contributed by atoms with Crippen LogP contribution in [0.4, 0.5) is 0 Å². The van der Waals surface area contributed by atoms with Crippen LogP contribution in [0.2, 0.25) is 0 Å². The average Bonchev–Trinajstić information content (AvgIpc) is 3.23. The second kappa shape index (κ2) is 9.98. The molecule has 1 aliphatic rings. The Balaban J connectivity index is 1.52. The van der Waals surface area contributed by atoms with Crippen molar-refractivity contribution in [2.24, 2.45) is 4.99 Å². The first kappa shape index (κ1) is 20.0. The lowest BCUT2D eigenvalue weighted by molar-refractivity contribution is 0.169. The maximum absolute atomic E-state index is 5.66. The highest BCUT2D eigenvalue weighted by atomic mass is 16.5. The van der Waals surface area contributed by atoms with E-state index in [2.05, 4.69) is 25.3 Å². The zero-order valence-corrected chi connectivity index (χ0v) is 16.9. The molecule has 1 saturated heterocycles. The van der Waals surface area contributed by atoms with Crippen LogP contribution in [-0.2, 0) is 13.1 Å². The lowest BCUT2D eigenvalue weighted by atomic mass is 10.2. The molecule has 1 N–H and O–H groups in total. The number of aliphatic imine (C=N–C) groups is 1. The molecule has 0 bridgehead atoms. The third kappa shape index (κ3) is 5.16. The van der Waals surface area contributed by atoms with E-state index >= 15 is 0 Å². The summed E-state index contributed by atoms with van der Waals surface area (Å²) in [5, 5.41) is 7.45. The van der Waals surface area contributed by atoms with Crippen molar-refractivity contribution in [2.45, 2.75) is 20.0 Å². The van der Waals surface area contributed by atoms with Crippen molar-refractivity contribution < 1.29 is 14.0 Å². The van der Waals surface area contributed by atoms with Gasteiger partial charge < -0.3 is 24.2 Å². The van der Waals surface area contributed by atoms with Gasteiger partial charge in [0.1, 0.15) is 6.26 Å². The molecule has 8 heteroatoms. The van der Waals surface area contributed by atoms with Gasteiger partial charge in [-0.2, -0.15) is 0 Å². The maximum Gasteiger partial charge on any atom is 0.194 e. The van der Waals surface area contributed by atoms with E-state index in [4.69, 9.17) is 14.0 Å². The summed E-state index contributed by atoms with van der Waals surface area (Å²) in [5.74, 6) is 2.42. The fraction of sp³-hybridized carbons (Fsp3) is 0.500. The fourth-order valence-electron chi connectivity index (χ4n) is 3.28. The number of methoxy groups -OCH3 is 1. The minimum absolute atomic E-state index is 0.605. The Morgan fingerprint density at radius 1 is 1.21 bits per heavy atom. The van der Waals surface area contributed by atoms with Crippen LogP contribution in [0.25, 0.3) is 0 Å². The summed E-state index contributed by atoms with van der Waals surface area (Å²) in [4.78, 5) is 9.11. The van der Waals surface area contributed by atoms with Crippen molar-refractivity contribution in [3.05, 3.63) is 41.8 Å². The Morgan fingerprint density at radius 2 is 2.04 bits per heavy atom. The van der Waals surface area contributed by atoms with E-state index in [1.807, 2.05) is 38.2 Å². The van der Waals surface area contributed by atoms with Crippen LogP contribution in [0.3, 0.4) is 0 Å². The summed E-state index contributed by atoms with van der Waals surface area (Å²) >= 11 is 0. The highest BCUT2D eigenvalue weighted by molar-refractivity contribution is 5.80. The third-order valence-electron chi connectivity index (χ3n) is 4.74. The highest BCUT2D eigenvalue weighted by Crippen LogP contribution is 2.28. The topological polar surface area (TPSA) is 75.4 Å². The van der Waals surface area contributed by atoms with Crippen LogP contribution in [0.15, 0.2) is 40.0 Å². The maximum atomic E-state index is 5.66. The monoisotopic (exact) mass is 387 g/mol. The van der Waals surface area contributed by atoms with Crippen LogP contribution in [0.5, 0.6) is 11.5 Å². The second-order valence-corrected chi connectivity index (χ2v) is 6.57. The van der Waals surface area contributed by atoms with E-state index in [0.717, 1.165) is 61.4 Å². The first-order valence-electron chi connectivity index (χ1n) is 9.60. The minimum Gasteiger partial charge on any atom is -0.493 e. The van der Waals surface area contributed by atoms with E-state index in [9.17, 15) is 0 Å². The Labute approximate surface area is 166 Å². The summed E-state index contributed by atoms with van der Waals surface area (Å²) in [6.07, 6.45) is 1.62. The molecule has 8 nitrogen and oxygen atoms in total. The molecule has 0 aliphatic carbocycles. The van der Waals surface area contributed by atoms with Gasteiger partial charge in [-0.25, -0.2) is 0 Å². The van der Waals surface area contributed by atoms with Gasteiger partial charge in [0.2, 0.25) is 0 Å². The molecule has 0 radical (unpaired) electrons. The number of guanidine groups is 1. The van der Waals surface area contributed by atoms with Gasteiger partial charge in [0.05, 0.1) is 19.4 Å². The number of rotatable bonds is 7. The van der Waals surface area contributed by atoms with Crippen LogP contribution in [0.1, 0.15) is 18.2 Å². The molecule has 1 aromatic carbocycles. The fourth-order valence-corrected chi connectivity index (χ4v) is 3.28.